The van der Waals surface area contributed by atoms with E-state index in [1.165, 1.54) is 25.9 Å². The molecule has 0 saturated carbocycles. The fraction of sp³-hybridized carbons (Fsp3) is 1.00. The molecule has 0 N–H and O–H groups in total. The van der Waals surface area contributed by atoms with Crippen molar-refractivity contribution in [3.63, 3.8) is 0 Å². The van der Waals surface area contributed by atoms with E-state index in [2.05, 4.69) is 53.4 Å². The van der Waals surface area contributed by atoms with Gasteiger partial charge in [0.2, 0.25) is 0 Å². The third kappa shape index (κ3) is 7.77. The summed E-state index contributed by atoms with van der Waals surface area (Å²) in [4.78, 5) is 2.59. The summed E-state index contributed by atoms with van der Waals surface area (Å²) in [6, 6.07) is 0.717. The van der Waals surface area contributed by atoms with Gasteiger partial charge in [0.1, 0.15) is 0 Å². The van der Waals surface area contributed by atoms with E-state index in [1.54, 1.807) is 4.18 Å². The normalized spacial score (nSPS) is 12.2. The molecule has 102 valence electrons. The van der Waals surface area contributed by atoms with Crippen molar-refractivity contribution in [2.24, 2.45) is 0 Å². The Hall–Kier alpha value is 0.830. The van der Waals surface area contributed by atoms with Gasteiger partial charge in [0.25, 0.3) is 0 Å². The SMILES string of the molecule is CCN(CCC[CH2][In]([CH](C)C)[CH](C)C)C(C)C. The van der Waals surface area contributed by atoms with Gasteiger partial charge in [-0.3, -0.25) is 0 Å². The molecule has 0 aliphatic rings. The van der Waals surface area contributed by atoms with Gasteiger partial charge in [-0.15, -0.1) is 0 Å². The van der Waals surface area contributed by atoms with Gasteiger partial charge in [0, 0.05) is 0 Å². The van der Waals surface area contributed by atoms with Crippen LogP contribution in [0.4, 0.5) is 0 Å². The van der Waals surface area contributed by atoms with Crippen molar-refractivity contribution < 1.29 is 0 Å². The Morgan fingerprint density at radius 3 is 1.76 bits per heavy atom. The Bertz CT molecular complexity index is 170. The van der Waals surface area contributed by atoms with Crippen molar-refractivity contribution in [3.05, 3.63) is 0 Å². The second-order valence-corrected chi connectivity index (χ2v) is 19.4. The van der Waals surface area contributed by atoms with Crippen LogP contribution in [0.25, 0.3) is 0 Å². The van der Waals surface area contributed by atoms with Crippen LogP contribution in [0.15, 0.2) is 0 Å². The minimum atomic E-state index is -1.21. The van der Waals surface area contributed by atoms with Gasteiger partial charge in [-0.1, -0.05) is 0 Å². The van der Waals surface area contributed by atoms with Crippen LogP contribution in [0, 0.1) is 0 Å². The van der Waals surface area contributed by atoms with Crippen LogP contribution in [0.3, 0.4) is 0 Å². The fourth-order valence-electron chi connectivity index (χ4n) is 2.91. The molecule has 0 bridgehead atoms. The molecule has 0 fully saturated rings. The monoisotopic (exact) mass is 343 g/mol. The summed E-state index contributed by atoms with van der Waals surface area (Å²) in [5.74, 6) is 0. The van der Waals surface area contributed by atoms with E-state index in [-0.39, 0.29) is 0 Å². The van der Waals surface area contributed by atoms with Crippen LogP contribution >= 0.6 is 0 Å². The molecule has 0 amide bonds. The summed E-state index contributed by atoms with van der Waals surface area (Å²) in [6.07, 6.45) is 2.90. The summed E-state index contributed by atoms with van der Waals surface area (Å²) < 4.78 is 3.71. The molecule has 0 aliphatic carbocycles. The second kappa shape index (κ2) is 9.72. The molecular weight excluding hydrogens is 309 g/mol. The summed E-state index contributed by atoms with van der Waals surface area (Å²) in [6.45, 7) is 19.3. The Kier molecular flexibility index (Phi) is 10.2. The molecule has 0 aromatic rings. The molecule has 17 heavy (non-hydrogen) atoms. The Labute approximate surface area is 118 Å². The predicted octanol–water partition coefficient (Wildman–Crippen LogP) is 4.81. The molecule has 0 aromatic heterocycles. The van der Waals surface area contributed by atoms with Crippen molar-refractivity contribution in [1.29, 1.82) is 0 Å². The van der Waals surface area contributed by atoms with Gasteiger partial charge in [-0.05, 0) is 0 Å². The van der Waals surface area contributed by atoms with E-state index in [0.29, 0.717) is 0 Å². The van der Waals surface area contributed by atoms with Crippen molar-refractivity contribution in [2.75, 3.05) is 13.1 Å². The topological polar surface area (TPSA) is 3.24 Å². The van der Waals surface area contributed by atoms with Crippen molar-refractivity contribution >= 4 is 21.4 Å². The van der Waals surface area contributed by atoms with Gasteiger partial charge in [-0.25, -0.2) is 0 Å². The Morgan fingerprint density at radius 1 is 0.882 bits per heavy atom. The first-order valence-corrected chi connectivity index (χ1v) is 13.8. The predicted molar refractivity (Wildman–Crippen MR) is 82.4 cm³/mol. The van der Waals surface area contributed by atoms with Crippen LogP contribution in [0.2, 0.25) is 11.5 Å². The average molecular weight is 343 g/mol. The van der Waals surface area contributed by atoms with Crippen LogP contribution < -0.4 is 0 Å². The molecule has 0 saturated heterocycles. The molecule has 0 aliphatic heterocycles. The van der Waals surface area contributed by atoms with E-state index < -0.39 is 21.4 Å². The second-order valence-electron chi connectivity index (χ2n) is 6.37. The van der Waals surface area contributed by atoms with Gasteiger partial charge in [-0.2, -0.15) is 0 Å². The average Bonchev–Trinajstić information content (AvgIpc) is 2.21. The van der Waals surface area contributed by atoms with Crippen molar-refractivity contribution in [1.82, 2.24) is 4.90 Å². The first-order chi connectivity index (χ1) is 7.90. The van der Waals surface area contributed by atoms with E-state index in [0.717, 1.165) is 13.4 Å². The van der Waals surface area contributed by atoms with Gasteiger partial charge in [0.15, 0.2) is 0 Å². The summed E-state index contributed by atoms with van der Waals surface area (Å²) >= 11 is -1.21. The van der Waals surface area contributed by atoms with Crippen LogP contribution in [-0.2, 0) is 0 Å². The van der Waals surface area contributed by atoms with Crippen LogP contribution in [0.1, 0.15) is 61.3 Å². The summed E-state index contributed by atoms with van der Waals surface area (Å²) in [7, 11) is 0. The summed E-state index contributed by atoms with van der Waals surface area (Å²) in [5, 5.41) is 0. The van der Waals surface area contributed by atoms with Crippen molar-refractivity contribution in [2.45, 2.75) is 78.9 Å². The number of unbranched alkanes of at least 4 members (excludes halogenated alkanes) is 1. The van der Waals surface area contributed by atoms with E-state index >= 15 is 0 Å². The molecule has 1 nitrogen and oxygen atoms in total. The zero-order chi connectivity index (χ0) is 13.4. The molecule has 0 spiro atoms. The summed E-state index contributed by atoms with van der Waals surface area (Å²) in [5.41, 5.74) is 0. The number of nitrogens with zero attached hydrogens (tertiary/aromatic N) is 1. The first-order valence-electron chi connectivity index (χ1n) is 7.64. The van der Waals surface area contributed by atoms with E-state index in [9.17, 15) is 0 Å². The zero-order valence-electron chi connectivity index (χ0n) is 13.3. The minimum absolute atomic E-state index is 0.717. The molecule has 0 heterocycles. The first kappa shape index (κ1) is 17.8. The third-order valence-electron chi connectivity index (χ3n) is 4.08. The quantitative estimate of drug-likeness (QED) is 0.543. The van der Waals surface area contributed by atoms with Crippen LogP contribution in [0.5, 0.6) is 0 Å². The maximum absolute atomic E-state index is 2.59. The zero-order valence-corrected chi connectivity index (χ0v) is 16.6. The van der Waals surface area contributed by atoms with Gasteiger partial charge >= 0.3 is 118 Å². The molecule has 0 unspecified atom stereocenters. The Morgan fingerprint density at radius 2 is 1.41 bits per heavy atom. The third-order valence-corrected chi connectivity index (χ3v) is 16.9. The molecule has 0 rings (SSSR count). The van der Waals surface area contributed by atoms with Crippen LogP contribution in [-0.4, -0.2) is 45.5 Å². The van der Waals surface area contributed by atoms with E-state index in [4.69, 9.17) is 0 Å². The Balaban J connectivity index is 3.82. The molecule has 0 radical (unpaired) electrons. The van der Waals surface area contributed by atoms with Gasteiger partial charge in [0.05, 0.1) is 0 Å². The number of rotatable bonds is 9. The van der Waals surface area contributed by atoms with E-state index in [1.807, 2.05) is 0 Å². The van der Waals surface area contributed by atoms with Gasteiger partial charge < -0.3 is 0 Å². The maximum atomic E-state index is 2.59. The number of hydrogen-bond acceptors (Lipinski definition) is 1. The fourth-order valence-corrected chi connectivity index (χ4v) is 13.3. The molecule has 0 aromatic carbocycles. The van der Waals surface area contributed by atoms with Crippen molar-refractivity contribution in [3.8, 4) is 0 Å². The standard InChI is InChI=1S/C9H20N.2C3H7.In/c1-5-7-8-10(6-2)9(3)4;2*1-3-2;/h9H,1,5-8H2,2-4H3;2*3H,1-2H3;. The molecule has 0 atom stereocenters. The molecule has 2 heteroatoms. The number of hydrogen-bond donors (Lipinski definition) is 0. The molecular formula is C15H34InN.